The Labute approximate surface area is 454 Å². The van der Waals surface area contributed by atoms with E-state index in [1.54, 1.807) is 0 Å². The minimum Gasteiger partial charge on any atom is -0.310 e. The van der Waals surface area contributed by atoms with Gasteiger partial charge in [-0.15, -0.1) is 0 Å². The second kappa shape index (κ2) is 18.5. The number of benzene rings is 12. The molecule has 1 aliphatic rings. The molecule has 0 N–H and O–H groups in total. The molecular formula is C76H54N2. The van der Waals surface area contributed by atoms with E-state index in [-0.39, 0.29) is 0 Å². The third kappa shape index (κ3) is 7.63. The average Bonchev–Trinajstić information content (AvgIpc) is 4.19. The van der Waals surface area contributed by atoms with Crippen molar-refractivity contribution in [2.24, 2.45) is 0 Å². The number of hydrogen-bond donors (Lipinski definition) is 0. The molecule has 2 heterocycles. The standard InChI is InChI=1S/C76H54N2/c1-49-21-41-65-69(45-49)75(57-35-31-53(32-36-57)51-23-27-55(28-24-51)59-39-43-73-67(47-59)63-17-9-11-19-71(63)77(73)61-13-5-3-6-14-61)66-42-22-50(2)46-70(66)76(65)58-37-33-54(34-38-58)52-25-29-56(30-26-52)60-40-44-74-68(48-60)64-18-10-12-20-72(64)78(74)62-15-7-4-8-16-62/h3,5-7,9-48H,4,8H2,1-2H3. The van der Waals surface area contributed by atoms with E-state index >= 15 is 0 Å². The molecule has 0 saturated carbocycles. The summed E-state index contributed by atoms with van der Waals surface area (Å²) in [7, 11) is 0. The summed E-state index contributed by atoms with van der Waals surface area (Å²) in [6.45, 7) is 4.42. The third-order valence-electron chi connectivity index (χ3n) is 16.5. The monoisotopic (exact) mass is 994 g/mol. The zero-order chi connectivity index (χ0) is 51.8. The van der Waals surface area contributed by atoms with E-state index in [0.29, 0.717) is 0 Å². The molecule has 0 amide bonds. The lowest BCUT2D eigenvalue weighted by Crippen LogP contribution is -1.96. The molecule has 1 aliphatic carbocycles. The van der Waals surface area contributed by atoms with Crippen LogP contribution in [0.5, 0.6) is 0 Å². The van der Waals surface area contributed by atoms with Crippen molar-refractivity contribution < 1.29 is 0 Å². The fourth-order valence-corrected chi connectivity index (χ4v) is 12.7. The van der Waals surface area contributed by atoms with E-state index in [0.717, 1.165) is 12.8 Å². The molecule has 2 nitrogen and oxygen atoms in total. The van der Waals surface area contributed by atoms with E-state index in [1.807, 2.05) is 0 Å². The number of fused-ring (bicyclic) bond motifs is 8. The number of allylic oxidation sites excluding steroid dienone is 4. The number of aryl methyl sites for hydroxylation is 2. The molecule has 2 aromatic heterocycles. The third-order valence-corrected chi connectivity index (χ3v) is 16.5. The van der Waals surface area contributed by atoms with Crippen LogP contribution in [-0.2, 0) is 0 Å². The first-order valence-electron chi connectivity index (χ1n) is 27.4. The highest BCUT2D eigenvalue weighted by Gasteiger charge is 2.20. The Hall–Kier alpha value is -9.76. The number of para-hydroxylation sites is 3. The summed E-state index contributed by atoms with van der Waals surface area (Å²) in [6, 6.07) is 92.7. The summed E-state index contributed by atoms with van der Waals surface area (Å²) in [5.74, 6) is 0. The minimum absolute atomic E-state index is 1.08. The van der Waals surface area contributed by atoms with Crippen LogP contribution >= 0.6 is 0 Å². The van der Waals surface area contributed by atoms with Gasteiger partial charge >= 0.3 is 0 Å². The van der Waals surface area contributed by atoms with Gasteiger partial charge in [0.25, 0.3) is 0 Å². The number of aromatic nitrogens is 2. The topological polar surface area (TPSA) is 9.86 Å². The lowest BCUT2D eigenvalue weighted by Gasteiger charge is -2.19. The smallest absolute Gasteiger partial charge is 0.0541 e. The predicted molar refractivity (Wildman–Crippen MR) is 334 cm³/mol. The van der Waals surface area contributed by atoms with Crippen LogP contribution in [0.1, 0.15) is 24.0 Å². The van der Waals surface area contributed by atoms with Gasteiger partial charge in [-0.3, -0.25) is 0 Å². The van der Waals surface area contributed by atoms with Crippen LogP contribution < -0.4 is 0 Å². The molecule has 0 saturated heterocycles. The van der Waals surface area contributed by atoms with Crippen LogP contribution in [0.3, 0.4) is 0 Å². The summed E-state index contributed by atoms with van der Waals surface area (Å²) in [6.07, 6.45) is 9.10. The van der Waals surface area contributed by atoms with Gasteiger partial charge in [0.2, 0.25) is 0 Å². The van der Waals surface area contributed by atoms with Crippen LogP contribution in [0.4, 0.5) is 0 Å². The number of rotatable bonds is 8. The fourth-order valence-electron chi connectivity index (χ4n) is 12.7. The maximum Gasteiger partial charge on any atom is 0.0541 e. The Morgan fingerprint density at radius 3 is 1.12 bits per heavy atom. The molecule has 0 fully saturated rings. The highest BCUT2D eigenvalue weighted by molar-refractivity contribution is 6.22. The van der Waals surface area contributed by atoms with E-state index in [1.165, 1.54) is 154 Å². The van der Waals surface area contributed by atoms with Crippen LogP contribution in [0.15, 0.2) is 267 Å². The summed E-state index contributed by atoms with van der Waals surface area (Å²) in [5.41, 5.74) is 24.5. The van der Waals surface area contributed by atoms with Crippen molar-refractivity contribution in [2.75, 3.05) is 0 Å². The van der Waals surface area contributed by atoms with Crippen molar-refractivity contribution >= 4 is 70.9 Å². The fraction of sp³-hybridized carbons (Fsp3) is 0.0526. The molecule has 0 spiro atoms. The molecule has 0 unspecified atom stereocenters. The number of nitrogens with zero attached hydrogens (tertiary/aromatic N) is 2. The van der Waals surface area contributed by atoms with E-state index in [4.69, 9.17) is 0 Å². The van der Waals surface area contributed by atoms with Gasteiger partial charge in [0.1, 0.15) is 0 Å². The molecule has 0 atom stereocenters. The van der Waals surface area contributed by atoms with E-state index in [9.17, 15) is 0 Å². The Kier molecular flexibility index (Phi) is 10.8. The average molecular weight is 995 g/mol. The second-order valence-electron chi connectivity index (χ2n) is 21.3. The zero-order valence-corrected chi connectivity index (χ0v) is 43.7. The molecule has 0 aliphatic heterocycles. The van der Waals surface area contributed by atoms with Crippen LogP contribution in [0.25, 0.3) is 143 Å². The van der Waals surface area contributed by atoms with Crippen LogP contribution in [0.2, 0.25) is 0 Å². The Morgan fingerprint density at radius 1 is 0.269 bits per heavy atom. The first-order valence-corrected chi connectivity index (χ1v) is 27.4. The molecule has 15 rings (SSSR count). The molecule has 2 heteroatoms. The number of hydrogen-bond acceptors (Lipinski definition) is 0. The zero-order valence-electron chi connectivity index (χ0n) is 43.7. The molecule has 0 bridgehead atoms. The first kappa shape index (κ1) is 45.6. The Balaban J connectivity index is 0.732. The van der Waals surface area contributed by atoms with Crippen LogP contribution in [-0.4, -0.2) is 9.13 Å². The largest absolute Gasteiger partial charge is 0.310 e. The van der Waals surface area contributed by atoms with Gasteiger partial charge in [0, 0.05) is 32.9 Å². The predicted octanol–water partition coefficient (Wildman–Crippen LogP) is 21.0. The van der Waals surface area contributed by atoms with Gasteiger partial charge < -0.3 is 9.13 Å². The Bertz CT molecular complexity index is 4740. The van der Waals surface area contributed by atoms with E-state index in [2.05, 4.69) is 290 Å². The summed E-state index contributed by atoms with van der Waals surface area (Å²) >= 11 is 0. The SMILES string of the molecule is Cc1ccc2c(-c3ccc(-c4ccc(-c5ccc6c(c5)c5ccccc5n6-c5ccccc5)cc4)cc3)c3cc(C)ccc3c(-c3ccc(-c4ccc(-c5ccc6c(c5)c5ccccc5n6C5=CCCC=C5)cc4)cc3)c2c1. The summed E-state index contributed by atoms with van der Waals surface area (Å²) in [4.78, 5) is 0. The Morgan fingerprint density at radius 2 is 0.654 bits per heavy atom. The van der Waals surface area contributed by atoms with Gasteiger partial charge in [0.05, 0.1) is 22.1 Å². The van der Waals surface area contributed by atoms with Crippen molar-refractivity contribution in [1.29, 1.82) is 0 Å². The lowest BCUT2D eigenvalue weighted by atomic mass is 9.84. The highest BCUT2D eigenvalue weighted by Crippen LogP contribution is 2.46. The summed E-state index contributed by atoms with van der Waals surface area (Å²) in [5, 5.41) is 10.2. The van der Waals surface area contributed by atoms with Crippen molar-refractivity contribution in [2.45, 2.75) is 26.7 Å². The maximum absolute atomic E-state index is 2.42. The van der Waals surface area contributed by atoms with Gasteiger partial charge in [0.15, 0.2) is 0 Å². The van der Waals surface area contributed by atoms with Crippen molar-refractivity contribution in [3.63, 3.8) is 0 Å². The van der Waals surface area contributed by atoms with Crippen molar-refractivity contribution in [3.8, 4) is 72.4 Å². The first-order chi connectivity index (χ1) is 38.5. The van der Waals surface area contributed by atoms with Crippen LogP contribution in [0, 0.1) is 13.8 Å². The van der Waals surface area contributed by atoms with Gasteiger partial charge in [-0.2, -0.15) is 0 Å². The molecule has 78 heavy (non-hydrogen) atoms. The molecule has 0 radical (unpaired) electrons. The minimum atomic E-state index is 1.08. The maximum atomic E-state index is 2.42. The second-order valence-corrected chi connectivity index (χ2v) is 21.3. The van der Waals surface area contributed by atoms with Gasteiger partial charge in [-0.25, -0.2) is 0 Å². The lowest BCUT2D eigenvalue weighted by molar-refractivity contribution is 1.02. The molecular weight excluding hydrogens is 941 g/mol. The van der Waals surface area contributed by atoms with Crippen molar-refractivity contribution in [1.82, 2.24) is 9.13 Å². The molecule has 368 valence electrons. The normalized spacial score (nSPS) is 12.7. The van der Waals surface area contributed by atoms with E-state index < -0.39 is 0 Å². The molecule has 12 aromatic carbocycles. The molecule has 14 aromatic rings. The van der Waals surface area contributed by atoms with Crippen molar-refractivity contribution in [3.05, 3.63) is 278 Å². The summed E-state index contributed by atoms with van der Waals surface area (Å²) < 4.78 is 4.80. The van der Waals surface area contributed by atoms with Gasteiger partial charge in [-0.1, -0.05) is 223 Å². The van der Waals surface area contributed by atoms with Gasteiger partial charge in [-0.05, 0) is 170 Å². The quantitative estimate of drug-likeness (QED) is 0.134. The highest BCUT2D eigenvalue weighted by atomic mass is 15.0.